The SMILES string of the molecule is CCOC(=O)N1[C@@H]2CC[C@H]1C[C@H](N1CCC3(CC1)CNC(=O)C3)C2. The van der Waals surface area contributed by atoms with Gasteiger partial charge < -0.3 is 19.9 Å². The molecular weight excluding hydrogens is 306 g/mol. The molecule has 0 aromatic heterocycles. The fourth-order valence-corrected chi connectivity index (χ4v) is 5.41. The van der Waals surface area contributed by atoms with E-state index < -0.39 is 0 Å². The van der Waals surface area contributed by atoms with Crippen LogP contribution < -0.4 is 5.32 Å². The van der Waals surface area contributed by atoms with Gasteiger partial charge in [-0.05, 0) is 64.0 Å². The van der Waals surface area contributed by atoms with Crippen LogP contribution in [0.3, 0.4) is 0 Å². The zero-order valence-electron chi connectivity index (χ0n) is 14.6. The predicted molar refractivity (Wildman–Crippen MR) is 89.6 cm³/mol. The summed E-state index contributed by atoms with van der Waals surface area (Å²) in [4.78, 5) is 28.4. The Morgan fingerprint density at radius 2 is 1.88 bits per heavy atom. The Labute approximate surface area is 143 Å². The topological polar surface area (TPSA) is 61.9 Å². The van der Waals surface area contributed by atoms with Crippen molar-refractivity contribution in [2.75, 3.05) is 26.2 Å². The highest BCUT2D eigenvalue weighted by Gasteiger charge is 2.47. The van der Waals surface area contributed by atoms with Gasteiger partial charge >= 0.3 is 6.09 Å². The third-order valence-corrected chi connectivity index (χ3v) is 6.76. The molecule has 0 aromatic rings. The van der Waals surface area contributed by atoms with Crippen molar-refractivity contribution < 1.29 is 14.3 Å². The third-order valence-electron chi connectivity index (χ3n) is 6.76. The second kappa shape index (κ2) is 6.21. The minimum absolute atomic E-state index is 0.114. The molecule has 4 saturated heterocycles. The van der Waals surface area contributed by atoms with Crippen molar-refractivity contribution in [1.29, 1.82) is 0 Å². The Morgan fingerprint density at radius 3 is 2.42 bits per heavy atom. The zero-order chi connectivity index (χ0) is 16.7. The molecule has 4 fully saturated rings. The van der Waals surface area contributed by atoms with Crippen molar-refractivity contribution in [3.63, 3.8) is 0 Å². The third kappa shape index (κ3) is 2.79. The zero-order valence-corrected chi connectivity index (χ0v) is 14.6. The lowest BCUT2D eigenvalue weighted by Crippen LogP contribution is -2.54. The summed E-state index contributed by atoms with van der Waals surface area (Å²) in [6.45, 7) is 5.39. The number of carbonyl (C=O) groups excluding carboxylic acids is 2. The van der Waals surface area contributed by atoms with Crippen LogP contribution in [0.1, 0.15) is 51.9 Å². The van der Waals surface area contributed by atoms with E-state index in [1.807, 2.05) is 11.8 Å². The molecule has 1 spiro atoms. The Balaban J connectivity index is 1.35. The molecule has 4 heterocycles. The van der Waals surface area contributed by atoms with Gasteiger partial charge in [0.25, 0.3) is 0 Å². The minimum Gasteiger partial charge on any atom is -0.450 e. The molecule has 3 atom stereocenters. The predicted octanol–water partition coefficient (Wildman–Crippen LogP) is 1.74. The smallest absolute Gasteiger partial charge is 0.410 e. The second-order valence-electron chi connectivity index (χ2n) is 8.11. The lowest BCUT2D eigenvalue weighted by atomic mass is 9.77. The van der Waals surface area contributed by atoms with Crippen molar-refractivity contribution in [2.24, 2.45) is 5.41 Å². The maximum Gasteiger partial charge on any atom is 0.410 e. The van der Waals surface area contributed by atoms with Crippen molar-refractivity contribution >= 4 is 12.0 Å². The summed E-state index contributed by atoms with van der Waals surface area (Å²) in [6, 6.07) is 1.31. The first-order valence-electron chi connectivity index (χ1n) is 9.56. The average molecular weight is 335 g/mol. The molecule has 24 heavy (non-hydrogen) atoms. The molecule has 0 aliphatic carbocycles. The van der Waals surface area contributed by atoms with E-state index in [1.165, 1.54) is 0 Å². The molecule has 4 aliphatic rings. The van der Waals surface area contributed by atoms with Crippen LogP contribution in [0.15, 0.2) is 0 Å². The van der Waals surface area contributed by atoms with Crippen LogP contribution in [0.5, 0.6) is 0 Å². The van der Waals surface area contributed by atoms with Gasteiger partial charge in [-0.3, -0.25) is 4.79 Å². The number of piperidine rings is 2. The number of carbonyl (C=O) groups is 2. The highest BCUT2D eigenvalue weighted by molar-refractivity contribution is 5.79. The van der Waals surface area contributed by atoms with Gasteiger partial charge in [0.15, 0.2) is 0 Å². The Bertz CT molecular complexity index is 502. The van der Waals surface area contributed by atoms with Crippen LogP contribution in [0.4, 0.5) is 4.79 Å². The lowest BCUT2D eigenvalue weighted by molar-refractivity contribution is -0.119. The van der Waals surface area contributed by atoms with E-state index in [2.05, 4.69) is 10.2 Å². The number of hydrogen-bond donors (Lipinski definition) is 1. The van der Waals surface area contributed by atoms with Crippen LogP contribution in [-0.4, -0.2) is 66.2 Å². The van der Waals surface area contributed by atoms with Gasteiger partial charge in [0, 0.05) is 31.1 Å². The standard InChI is InChI=1S/C18H29N3O3/c1-2-24-17(23)21-13-3-4-14(21)10-15(9-13)20-7-5-18(6-8-20)11-16(22)19-12-18/h13-15H,2-12H2,1H3,(H,19,22)/t13-,14+,15-. The summed E-state index contributed by atoms with van der Waals surface area (Å²) in [7, 11) is 0. The summed E-state index contributed by atoms with van der Waals surface area (Å²) < 4.78 is 5.25. The van der Waals surface area contributed by atoms with E-state index in [1.54, 1.807) is 0 Å². The fraction of sp³-hybridized carbons (Fsp3) is 0.889. The Hall–Kier alpha value is -1.30. The first-order valence-corrected chi connectivity index (χ1v) is 9.56. The molecule has 1 N–H and O–H groups in total. The maximum atomic E-state index is 12.2. The Morgan fingerprint density at radius 1 is 1.21 bits per heavy atom. The summed E-state index contributed by atoms with van der Waals surface area (Å²) >= 11 is 0. The molecule has 2 bridgehead atoms. The van der Waals surface area contributed by atoms with E-state index in [0.29, 0.717) is 31.2 Å². The lowest BCUT2D eigenvalue weighted by Gasteiger charge is -2.46. The number of nitrogens with one attached hydrogen (secondary N) is 1. The van der Waals surface area contributed by atoms with Gasteiger partial charge in [-0.25, -0.2) is 4.79 Å². The number of fused-ring (bicyclic) bond motifs is 2. The van der Waals surface area contributed by atoms with Crippen molar-refractivity contribution in [3.8, 4) is 0 Å². The van der Waals surface area contributed by atoms with Gasteiger partial charge in [-0.1, -0.05) is 0 Å². The number of rotatable bonds is 2. The van der Waals surface area contributed by atoms with Gasteiger partial charge in [0.05, 0.1) is 6.61 Å². The number of ether oxygens (including phenoxy) is 1. The van der Waals surface area contributed by atoms with Crippen LogP contribution in [0.2, 0.25) is 0 Å². The molecule has 0 unspecified atom stereocenters. The highest BCUT2D eigenvalue weighted by Crippen LogP contribution is 2.42. The Kier molecular flexibility index (Phi) is 4.19. The summed E-state index contributed by atoms with van der Waals surface area (Å²) in [5, 5.41) is 3.01. The molecule has 2 amide bonds. The normalized spacial score (nSPS) is 35.3. The number of likely N-dealkylation sites (tertiary alicyclic amines) is 1. The summed E-state index contributed by atoms with van der Waals surface area (Å²) in [5.41, 5.74) is 0.220. The fourth-order valence-electron chi connectivity index (χ4n) is 5.41. The first-order chi connectivity index (χ1) is 11.6. The number of hydrogen-bond acceptors (Lipinski definition) is 4. The first kappa shape index (κ1) is 16.2. The highest BCUT2D eigenvalue weighted by atomic mass is 16.6. The molecular formula is C18H29N3O3. The number of amides is 2. The molecule has 4 rings (SSSR count). The largest absolute Gasteiger partial charge is 0.450 e. The van der Waals surface area contributed by atoms with Crippen LogP contribution in [0.25, 0.3) is 0 Å². The van der Waals surface area contributed by atoms with E-state index in [-0.39, 0.29) is 17.4 Å². The summed E-state index contributed by atoms with van der Waals surface area (Å²) in [5.74, 6) is 0.226. The van der Waals surface area contributed by atoms with Gasteiger partial charge in [-0.2, -0.15) is 0 Å². The molecule has 6 heteroatoms. The molecule has 4 aliphatic heterocycles. The number of nitrogens with zero attached hydrogens (tertiary/aromatic N) is 2. The molecule has 0 radical (unpaired) electrons. The average Bonchev–Trinajstić information content (AvgIpc) is 3.05. The molecule has 0 aromatic carbocycles. The van der Waals surface area contributed by atoms with Crippen molar-refractivity contribution in [1.82, 2.24) is 15.1 Å². The molecule has 6 nitrogen and oxygen atoms in total. The van der Waals surface area contributed by atoms with E-state index >= 15 is 0 Å². The van der Waals surface area contributed by atoms with E-state index in [9.17, 15) is 9.59 Å². The van der Waals surface area contributed by atoms with Gasteiger partial charge in [-0.15, -0.1) is 0 Å². The van der Waals surface area contributed by atoms with Crippen LogP contribution in [0, 0.1) is 5.41 Å². The van der Waals surface area contributed by atoms with Crippen LogP contribution >= 0.6 is 0 Å². The molecule has 134 valence electrons. The van der Waals surface area contributed by atoms with Crippen molar-refractivity contribution in [3.05, 3.63) is 0 Å². The van der Waals surface area contributed by atoms with Gasteiger partial charge in [0.1, 0.15) is 0 Å². The minimum atomic E-state index is -0.114. The quantitative estimate of drug-likeness (QED) is 0.835. The van der Waals surface area contributed by atoms with E-state index in [0.717, 1.165) is 58.2 Å². The maximum absolute atomic E-state index is 12.2. The molecule has 0 saturated carbocycles. The van der Waals surface area contributed by atoms with E-state index in [4.69, 9.17) is 4.74 Å². The summed E-state index contributed by atoms with van der Waals surface area (Å²) in [6.07, 6.45) is 7.26. The van der Waals surface area contributed by atoms with Crippen LogP contribution in [-0.2, 0) is 9.53 Å². The van der Waals surface area contributed by atoms with Crippen molar-refractivity contribution in [2.45, 2.75) is 70.0 Å². The monoisotopic (exact) mass is 335 g/mol. The second-order valence-corrected chi connectivity index (χ2v) is 8.11. The van der Waals surface area contributed by atoms with Gasteiger partial charge in [0.2, 0.25) is 5.91 Å².